The van der Waals surface area contributed by atoms with Crippen LogP contribution in [-0.4, -0.2) is 89.2 Å². The van der Waals surface area contributed by atoms with Gasteiger partial charge in [-0.15, -0.1) is 0 Å². The molecule has 1 spiro atoms. The number of halogens is 1. The van der Waals surface area contributed by atoms with E-state index >= 15 is 0 Å². The molecule has 10 heteroatoms. The fraction of sp³-hybridized carbons (Fsp3) is 0.542. The van der Waals surface area contributed by atoms with Crippen LogP contribution in [0.3, 0.4) is 0 Å². The molecule has 3 aliphatic heterocycles. The van der Waals surface area contributed by atoms with Gasteiger partial charge in [-0.1, -0.05) is 17.7 Å². The Labute approximate surface area is 203 Å². The molecule has 0 atom stereocenters. The Kier molecular flexibility index (Phi) is 6.50. The zero-order valence-corrected chi connectivity index (χ0v) is 19.9. The van der Waals surface area contributed by atoms with E-state index in [4.69, 9.17) is 21.4 Å². The van der Waals surface area contributed by atoms with Crippen molar-refractivity contribution in [2.45, 2.75) is 25.8 Å². The smallest absolute Gasteiger partial charge is 0.356 e. The van der Waals surface area contributed by atoms with Crippen molar-refractivity contribution in [3.8, 4) is 0 Å². The third kappa shape index (κ3) is 4.78. The molecule has 0 bridgehead atoms. The second-order valence-corrected chi connectivity index (χ2v) is 9.97. The number of hydrogen-bond donors (Lipinski definition) is 1. The van der Waals surface area contributed by atoms with Crippen LogP contribution in [0.1, 0.15) is 35.3 Å². The Balaban J connectivity index is 1.17. The first-order chi connectivity index (χ1) is 16.4. The summed E-state index contributed by atoms with van der Waals surface area (Å²) in [7, 11) is 0. The molecule has 1 aromatic heterocycles. The van der Waals surface area contributed by atoms with Crippen molar-refractivity contribution < 1.29 is 19.4 Å². The zero-order chi connectivity index (χ0) is 23.7. The molecule has 3 aliphatic rings. The lowest BCUT2D eigenvalue weighted by molar-refractivity contribution is 0.0689. The summed E-state index contributed by atoms with van der Waals surface area (Å²) >= 11 is 6.50. The molecule has 1 N–H and O–H groups in total. The zero-order valence-electron chi connectivity index (χ0n) is 19.2. The number of anilines is 1. The molecule has 3 saturated heterocycles. The summed E-state index contributed by atoms with van der Waals surface area (Å²) < 4.78 is 6.61. The number of morpholine rings is 1. The summed E-state index contributed by atoms with van der Waals surface area (Å²) in [5, 5.41) is 13.7. The molecule has 1 aromatic carbocycles. The predicted octanol–water partition coefficient (Wildman–Crippen LogP) is 3.03. The van der Waals surface area contributed by atoms with E-state index in [-0.39, 0.29) is 17.1 Å². The minimum absolute atomic E-state index is 0.118. The number of aromatic carboxylic acids is 1. The fourth-order valence-electron chi connectivity index (χ4n) is 5.39. The monoisotopic (exact) mass is 487 g/mol. The van der Waals surface area contributed by atoms with Gasteiger partial charge >= 0.3 is 12.0 Å². The lowest BCUT2D eigenvalue weighted by atomic mass is 9.78. The van der Waals surface area contributed by atoms with Crippen molar-refractivity contribution >= 4 is 29.3 Å². The van der Waals surface area contributed by atoms with Gasteiger partial charge in [0, 0.05) is 45.5 Å². The van der Waals surface area contributed by atoms with Gasteiger partial charge < -0.3 is 19.6 Å². The second-order valence-electron chi connectivity index (χ2n) is 9.57. The number of piperidine rings is 1. The van der Waals surface area contributed by atoms with Crippen molar-refractivity contribution in [3.05, 3.63) is 46.7 Å². The van der Waals surface area contributed by atoms with Gasteiger partial charge in [-0.05, 0) is 55.0 Å². The minimum Gasteiger partial charge on any atom is -0.476 e. The van der Waals surface area contributed by atoms with E-state index in [0.29, 0.717) is 13.1 Å². The maximum Gasteiger partial charge on any atom is 0.356 e. The van der Waals surface area contributed by atoms with Crippen LogP contribution < -0.4 is 4.90 Å². The third-order valence-electron chi connectivity index (χ3n) is 7.38. The fourth-order valence-corrected chi connectivity index (χ4v) is 5.63. The number of benzene rings is 1. The Morgan fingerprint density at radius 2 is 1.79 bits per heavy atom. The topological polar surface area (TPSA) is 91.1 Å². The normalized spacial score (nSPS) is 20.7. The Morgan fingerprint density at radius 1 is 1.06 bits per heavy atom. The molecule has 2 aromatic rings. The van der Waals surface area contributed by atoms with Gasteiger partial charge in [-0.25, -0.2) is 9.59 Å². The number of ether oxygens (including phenoxy) is 1. The first kappa shape index (κ1) is 23.1. The molecular weight excluding hydrogens is 458 g/mol. The molecule has 5 rings (SSSR count). The SMILES string of the molecule is O=C(O)c1ccn(C(=O)N2CCC3(CCN(Cc4ccc(Cl)c(N5CCOCC5)c4)C3)CC2)n1. The molecule has 9 nitrogen and oxygen atoms in total. The van der Waals surface area contributed by atoms with Crippen LogP contribution in [0.15, 0.2) is 30.5 Å². The van der Waals surface area contributed by atoms with E-state index in [1.54, 1.807) is 4.90 Å². The summed E-state index contributed by atoms with van der Waals surface area (Å²) in [4.78, 5) is 30.4. The maximum absolute atomic E-state index is 12.7. The van der Waals surface area contributed by atoms with E-state index in [1.807, 2.05) is 6.07 Å². The van der Waals surface area contributed by atoms with Gasteiger partial charge in [0.05, 0.1) is 23.9 Å². The number of aromatic nitrogens is 2. The van der Waals surface area contributed by atoms with Gasteiger partial charge in [0.2, 0.25) is 0 Å². The van der Waals surface area contributed by atoms with Crippen molar-refractivity contribution in [2.75, 3.05) is 57.4 Å². The molecule has 1 amide bonds. The average Bonchev–Trinajstić information content (AvgIpc) is 3.49. The minimum atomic E-state index is -1.13. The van der Waals surface area contributed by atoms with Crippen LogP contribution >= 0.6 is 11.6 Å². The van der Waals surface area contributed by atoms with Crippen molar-refractivity contribution in [2.24, 2.45) is 5.41 Å². The number of hydrogen-bond acceptors (Lipinski definition) is 6. The Morgan fingerprint density at radius 3 is 2.50 bits per heavy atom. The maximum atomic E-state index is 12.7. The highest BCUT2D eigenvalue weighted by molar-refractivity contribution is 6.33. The molecule has 3 fully saturated rings. The van der Waals surface area contributed by atoms with Crippen LogP contribution in [0.5, 0.6) is 0 Å². The number of rotatable bonds is 4. The highest BCUT2D eigenvalue weighted by atomic mass is 35.5. The summed E-state index contributed by atoms with van der Waals surface area (Å²) in [6, 6.07) is 7.43. The van der Waals surface area contributed by atoms with Crippen molar-refractivity contribution in [1.29, 1.82) is 0 Å². The molecule has 0 saturated carbocycles. The molecule has 0 unspecified atom stereocenters. The highest BCUT2D eigenvalue weighted by Gasteiger charge is 2.41. The standard InChI is InChI=1S/C24H30ClN5O4/c25-19-2-1-18(15-21(19)28-11-13-34-14-12-28)16-27-8-4-24(17-27)5-9-29(10-6-24)23(33)30-7-3-20(26-30)22(31)32/h1-3,7,15H,4-6,8-14,16-17H2,(H,31,32). The first-order valence-corrected chi connectivity index (χ1v) is 12.2. The average molecular weight is 488 g/mol. The number of carboxylic acid groups (broad SMARTS) is 1. The summed E-state index contributed by atoms with van der Waals surface area (Å²) in [5.41, 5.74) is 2.47. The van der Waals surface area contributed by atoms with E-state index in [9.17, 15) is 9.59 Å². The van der Waals surface area contributed by atoms with Crippen LogP contribution in [0.25, 0.3) is 0 Å². The quantitative estimate of drug-likeness (QED) is 0.708. The summed E-state index contributed by atoms with van der Waals surface area (Å²) in [6.45, 7) is 7.48. The van der Waals surface area contributed by atoms with Crippen LogP contribution in [-0.2, 0) is 11.3 Å². The van der Waals surface area contributed by atoms with Gasteiger partial charge in [0.1, 0.15) is 0 Å². The first-order valence-electron chi connectivity index (χ1n) is 11.8. The summed E-state index contributed by atoms with van der Waals surface area (Å²) in [5.74, 6) is -1.13. The number of carboxylic acids is 1. The lowest BCUT2D eigenvalue weighted by Gasteiger charge is -2.39. The summed E-state index contributed by atoms with van der Waals surface area (Å²) in [6.07, 6.45) is 4.44. The van der Waals surface area contributed by atoms with Gasteiger partial charge in [0.15, 0.2) is 5.69 Å². The van der Waals surface area contributed by atoms with Gasteiger partial charge in [-0.3, -0.25) is 4.90 Å². The molecule has 0 aliphatic carbocycles. The third-order valence-corrected chi connectivity index (χ3v) is 7.70. The molecule has 0 radical (unpaired) electrons. The van der Waals surface area contributed by atoms with Crippen LogP contribution in [0.2, 0.25) is 5.02 Å². The number of carbonyl (C=O) groups excluding carboxylic acids is 1. The Hall–Kier alpha value is -2.62. The lowest BCUT2D eigenvalue weighted by Crippen LogP contribution is -2.45. The van der Waals surface area contributed by atoms with E-state index < -0.39 is 5.97 Å². The largest absolute Gasteiger partial charge is 0.476 e. The molecular formula is C24H30ClN5O4. The second kappa shape index (κ2) is 9.56. The van der Waals surface area contributed by atoms with E-state index in [1.165, 1.54) is 17.8 Å². The Bertz CT molecular complexity index is 1060. The van der Waals surface area contributed by atoms with Crippen LogP contribution in [0.4, 0.5) is 10.5 Å². The molecule has 4 heterocycles. The van der Waals surface area contributed by atoms with Crippen molar-refractivity contribution in [3.63, 3.8) is 0 Å². The van der Waals surface area contributed by atoms with Gasteiger partial charge in [0.25, 0.3) is 0 Å². The number of nitrogens with zero attached hydrogens (tertiary/aromatic N) is 5. The number of amides is 1. The van der Waals surface area contributed by atoms with E-state index in [0.717, 1.165) is 80.6 Å². The molecule has 34 heavy (non-hydrogen) atoms. The van der Waals surface area contributed by atoms with Gasteiger partial charge in [-0.2, -0.15) is 9.78 Å². The number of carbonyl (C=O) groups is 2. The highest BCUT2D eigenvalue weighted by Crippen LogP contribution is 2.41. The molecule has 182 valence electrons. The predicted molar refractivity (Wildman–Crippen MR) is 128 cm³/mol. The number of likely N-dealkylation sites (tertiary alicyclic amines) is 2. The van der Waals surface area contributed by atoms with Crippen molar-refractivity contribution in [1.82, 2.24) is 19.6 Å². The van der Waals surface area contributed by atoms with Crippen LogP contribution in [0, 0.1) is 5.41 Å². The van der Waals surface area contributed by atoms with E-state index in [2.05, 4.69) is 27.0 Å².